The molecule has 2 saturated carbocycles. The van der Waals surface area contributed by atoms with E-state index < -0.39 is 5.97 Å². The van der Waals surface area contributed by atoms with Gasteiger partial charge in [-0.3, -0.25) is 0 Å². The zero-order valence-corrected chi connectivity index (χ0v) is 12.3. The predicted octanol–water partition coefficient (Wildman–Crippen LogP) is 3.40. The Morgan fingerprint density at radius 3 is 2.57 bits per heavy atom. The van der Waals surface area contributed by atoms with Crippen LogP contribution in [0, 0.1) is 5.92 Å². The fourth-order valence-electron chi connectivity index (χ4n) is 4.66. The second kappa shape index (κ2) is 4.72. The highest BCUT2D eigenvalue weighted by Gasteiger charge is 2.45. The number of carboxylic acid groups (broad SMARTS) is 1. The molecule has 0 saturated heterocycles. The molecular weight excluding hydrogens is 264 g/mol. The van der Waals surface area contributed by atoms with E-state index in [0.717, 1.165) is 43.0 Å². The number of hydrogen-bond donors (Lipinski definition) is 2. The van der Waals surface area contributed by atoms with E-state index in [0.29, 0.717) is 5.56 Å². The molecule has 0 radical (unpaired) electrons. The summed E-state index contributed by atoms with van der Waals surface area (Å²) in [6.45, 7) is 0. The lowest BCUT2D eigenvalue weighted by Gasteiger charge is -2.31. The minimum absolute atomic E-state index is 0.244. The SMILES string of the molecule is O=C(O)c1cnc(NC23CCC(CC2)C3)c2c1CCCC2. The molecule has 3 aliphatic rings. The van der Waals surface area contributed by atoms with Crippen LogP contribution in [0.15, 0.2) is 6.20 Å². The Kier molecular flexibility index (Phi) is 2.95. The third-order valence-electron chi connectivity index (χ3n) is 5.76. The van der Waals surface area contributed by atoms with Crippen molar-refractivity contribution in [3.8, 4) is 0 Å². The van der Waals surface area contributed by atoms with Crippen molar-refractivity contribution in [3.63, 3.8) is 0 Å². The van der Waals surface area contributed by atoms with Crippen molar-refractivity contribution in [3.05, 3.63) is 22.9 Å². The molecule has 0 amide bonds. The number of aromatic nitrogens is 1. The quantitative estimate of drug-likeness (QED) is 0.894. The Labute approximate surface area is 125 Å². The van der Waals surface area contributed by atoms with Crippen molar-refractivity contribution < 1.29 is 9.90 Å². The van der Waals surface area contributed by atoms with Gasteiger partial charge in [-0.05, 0) is 74.8 Å². The lowest BCUT2D eigenvalue weighted by molar-refractivity contribution is 0.0695. The number of carboxylic acids is 1. The van der Waals surface area contributed by atoms with Crippen molar-refractivity contribution in [1.29, 1.82) is 0 Å². The minimum Gasteiger partial charge on any atom is -0.478 e. The predicted molar refractivity (Wildman–Crippen MR) is 80.8 cm³/mol. The largest absolute Gasteiger partial charge is 0.478 e. The molecule has 3 aliphatic carbocycles. The highest BCUT2D eigenvalue weighted by Crippen LogP contribution is 2.49. The number of carbonyl (C=O) groups is 1. The molecule has 4 nitrogen and oxygen atoms in total. The van der Waals surface area contributed by atoms with E-state index in [1.54, 1.807) is 6.20 Å². The highest BCUT2D eigenvalue weighted by atomic mass is 16.4. The van der Waals surface area contributed by atoms with Crippen molar-refractivity contribution in [1.82, 2.24) is 4.98 Å². The monoisotopic (exact) mass is 286 g/mol. The van der Waals surface area contributed by atoms with Crippen LogP contribution in [0.2, 0.25) is 0 Å². The molecule has 2 fully saturated rings. The van der Waals surface area contributed by atoms with Crippen LogP contribution in [-0.2, 0) is 12.8 Å². The molecule has 2 N–H and O–H groups in total. The van der Waals surface area contributed by atoms with E-state index >= 15 is 0 Å². The lowest BCUT2D eigenvalue weighted by Crippen LogP contribution is -2.34. The van der Waals surface area contributed by atoms with Crippen LogP contribution < -0.4 is 5.32 Å². The van der Waals surface area contributed by atoms with E-state index in [2.05, 4.69) is 10.3 Å². The van der Waals surface area contributed by atoms with E-state index in [9.17, 15) is 9.90 Å². The van der Waals surface area contributed by atoms with Gasteiger partial charge in [0, 0.05) is 11.7 Å². The van der Waals surface area contributed by atoms with E-state index in [4.69, 9.17) is 0 Å². The Hall–Kier alpha value is -1.58. The summed E-state index contributed by atoms with van der Waals surface area (Å²) in [4.78, 5) is 15.9. The molecule has 0 aliphatic heterocycles. The second-order valence-corrected chi connectivity index (χ2v) is 7.04. The lowest BCUT2D eigenvalue weighted by atomic mass is 9.88. The molecule has 0 aromatic carbocycles. The molecule has 4 rings (SSSR count). The van der Waals surface area contributed by atoms with Crippen LogP contribution in [0.25, 0.3) is 0 Å². The summed E-state index contributed by atoms with van der Waals surface area (Å²) in [5, 5.41) is 13.1. The molecule has 2 bridgehead atoms. The second-order valence-electron chi connectivity index (χ2n) is 7.04. The van der Waals surface area contributed by atoms with Gasteiger partial charge in [-0.15, -0.1) is 0 Å². The van der Waals surface area contributed by atoms with E-state index in [1.807, 2.05) is 0 Å². The highest BCUT2D eigenvalue weighted by molar-refractivity contribution is 5.90. The van der Waals surface area contributed by atoms with Gasteiger partial charge >= 0.3 is 5.97 Å². The fraction of sp³-hybridized carbons (Fsp3) is 0.647. The van der Waals surface area contributed by atoms with Crippen molar-refractivity contribution in [2.45, 2.75) is 63.3 Å². The number of pyridine rings is 1. The molecule has 1 aromatic rings. The Morgan fingerprint density at radius 1 is 1.24 bits per heavy atom. The third-order valence-corrected chi connectivity index (χ3v) is 5.76. The van der Waals surface area contributed by atoms with Crippen molar-refractivity contribution >= 4 is 11.8 Å². The zero-order chi connectivity index (χ0) is 14.4. The van der Waals surface area contributed by atoms with Crippen LogP contribution >= 0.6 is 0 Å². The van der Waals surface area contributed by atoms with Gasteiger partial charge in [0.25, 0.3) is 0 Å². The van der Waals surface area contributed by atoms with E-state index in [1.165, 1.54) is 37.7 Å². The molecule has 4 heteroatoms. The summed E-state index contributed by atoms with van der Waals surface area (Å²) in [5.74, 6) is 1.02. The summed E-state index contributed by atoms with van der Waals surface area (Å²) >= 11 is 0. The maximum atomic E-state index is 11.4. The minimum atomic E-state index is -0.841. The van der Waals surface area contributed by atoms with E-state index in [-0.39, 0.29) is 5.54 Å². The normalized spacial score (nSPS) is 30.2. The van der Waals surface area contributed by atoms with Gasteiger partial charge in [0.1, 0.15) is 5.82 Å². The molecule has 1 heterocycles. The summed E-state index contributed by atoms with van der Waals surface area (Å²) < 4.78 is 0. The molecule has 1 aromatic heterocycles. The first-order valence-electron chi connectivity index (χ1n) is 8.19. The van der Waals surface area contributed by atoms with Crippen LogP contribution in [0.4, 0.5) is 5.82 Å². The number of fused-ring (bicyclic) bond motifs is 3. The van der Waals surface area contributed by atoms with Gasteiger partial charge in [-0.2, -0.15) is 0 Å². The number of aromatic carboxylic acids is 1. The maximum absolute atomic E-state index is 11.4. The van der Waals surface area contributed by atoms with Gasteiger partial charge in [-0.25, -0.2) is 9.78 Å². The van der Waals surface area contributed by atoms with Gasteiger partial charge in [0.05, 0.1) is 5.56 Å². The standard InChI is InChI=1S/C17H22N2O2/c20-16(21)14-10-18-15(13-4-2-1-3-12(13)14)19-17-7-5-11(9-17)6-8-17/h10-11H,1-9H2,(H,18,19)(H,20,21). The number of nitrogens with one attached hydrogen (secondary N) is 1. The summed E-state index contributed by atoms with van der Waals surface area (Å²) in [5.41, 5.74) is 2.85. The fourth-order valence-corrected chi connectivity index (χ4v) is 4.66. The smallest absolute Gasteiger partial charge is 0.337 e. The summed E-state index contributed by atoms with van der Waals surface area (Å²) in [7, 11) is 0. The van der Waals surface area contributed by atoms with Crippen LogP contribution in [-0.4, -0.2) is 21.6 Å². The first-order chi connectivity index (χ1) is 10.2. The number of anilines is 1. The molecule has 0 spiro atoms. The van der Waals surface area contributed by atoms with Crippen LogP contribution in [0.5, 0.6) is 0 Å². The van der Waals surface area contributed by atoms with Gasteiger partial charge < -0.3 is 10.4 Å². The Morgan fingerprint density at radius 2 is 1.95 bits per heavy atom. The number of nitrogens with zero attached hydrogens (tertiary/aromatic N) is 1. The summed E-state index contributed by atoms with van der Waals surface area (Å²) in [6.07, 6.45) is 12.1. The zero-order valence-electron chi connectivity index (χ0n) is 12.3. The molecular formula is C17H22N2O2. The Balaban J connectivity index is 1.71. The molecule has 21 heavy (non-hydrogen) atoms. The number of rotatable bonds is 3. The third kappa shape index (κ3) is 2.12. The molecule has 0 unspecified atom stereocenters. The van der Waals surface area contributed by atoms with Crippen LogP contribution in [0.1, 0.15) is 66.4 Å². The maximum Gasteiger partial charge on any atom is 0.337 e. The summed E-state index contributed by atoms with van der Waals surface area (Å²) in [6, 6.07) is 0. The average Bonchev–Trinajstić information content (AvgIpc) is 3.07. The average molecular weight is 286 g/mol. The van der Waals surface area contributed by atoms with Crippen molar-refractivity contribution in [2.75, 3.05) is 5.32 Å². The first-order valence-corrected chi connectivity index (χ1v) is 8.19. The first kappa shape index (κ1) is 13.1. The Bertz CT molecular complexity index is 589. The molecule has 112 valence electrons. The van der Waals surface area contributed by atoms with Gasteiger partial charge in [-0.1, -0.05) is 0 Å². The van der Waals surface area contributed by atoms with Crippen LogP contribution in [0.3, 0.4) is 0 Å². The molecule has 0 atom stereocenters. The topological polar surface area (TPSA) is 62.2 Å². The van der Waals surface area contributed by atoms with Gasteiger partial charge in [0.15, 0.2) is 0 Å². The van der Waals surface area contributed by atoms with Crippen molar-refractivity contribution in [2.24, 2.45) is 5.92 Å². The van der Waals surface area contributed by atoms with Gasteiger partial charge in [0.2, 0.25) is 0 Å². The number of hydrogen-bond acceptors (Lipinski definition) is 3.